The molecule has 10 heteroatoms. The third kappa shape index (κ3) is 7.24. The molecule has 1 aliphatic heterocycles. The van der Waals surface area contributed by atoms with Gasteiger partial charge in [-0.2, -0.15) is 0 Å². The predicted octanol–water partition coefficient (Wildman–Crippen LogP) is 9.52. The Kier molecular flexibility index (Phi) is 9.54. The van der Waals surface area contributed by atoms with Gasteiger partial charge in [0, 0.05) is 10.0 Å². The van der Waals surface area contributed by atoms with Crippen LogP contribution in [0.3, 0.4) is 0 Å². The molecular formula is C31H22Cl2FIN2O3S. The quantitative estimate of drug-likeness (QED) is 0.135. The summed E-state index contributed by atoms with van der Waals surface area (Å²) in [5.41, 5.74) is 2.92. The third-order valence-corrected chi connectivity index (χ3v) is 8.14. The number of thioether (sulfide) groups is 1. The van der Waals surface area contributed by atoms with Crippen LogP contribution in [0.25, 0.3) is 6.08 Å². The fourth-order valence-corrected chi connectivity index (χ4v) is 5.99. The zero-order valence-corrected chi connectivity index (χ0v) is 26.1. The summed E-state index contributed by atoms with van der Waals surface area (Å²) in [4.78, 5) is 20.5. The van der Waals surface area contributed by atoms with Crippen LogP contribution in [0.5, 0.6) is 11.5 Å². The van der Waals surface area contributed by atoms with Crippen molar-refractivity contribution < 1.29 is 18.7 Å². The van der Waals surface area contributed by atoms with Gasteiger partial charge >= 0.3 is 0 Å². The van der Waals surface area contributed by atoms with E-state index < -0.39 is 0 Å². The lowest BCUT2D eigenvalue weighted by Gasteiger charge is -2.16. The van der Waals surface area contributed by atoms with E-state index in [1.807, 2.05) is 25.1 Å². The Bertz CT molecular complexity index is 1630. The first-order chi connectivity index (χ1) is 19.8. The van der Waals surface area contributed by atoms with Gasteiger partial charge in [-0.05, 0) is 131 Å². The Hall–Kier alpha value is -3.05. The van der Waals surface area contributed by atoms with Crippen LogP contribution >= 0.6 is 57.6 Å². The molecule has 0 aromatic heterocycles. The number of carbonyl (C=O) groups is 1. The molecule has 0 bridgehead atoms. The Morgan fingerprint density at radius 1 is 0.951 bits per heavy atom. The van der Waals surface area contributed by atoms with Crippen LogP contribution in [0.15, 0.2) is 94.8 Å². The molecule has 0 spiro atoms. The highest BCUT2D eigenvalue weighted by Crippen LogP contribution is 2.40. The summed E-state index contributed by atoms with van der Waals surface area (Å²) in [6, 6.07) is 24.0. The number of aliphatic imine (C=N–C) groups is 1. The fraction of sp³-hybridized carbons (Fsp3) is 0.0968. The van der Waals surface area contributed by atoms with Crippen LogP contribution in [0.4, 0.5) is 15.8 Å². The van der Waals surface area contributed by atoms with Crippen molar-refractivity contribution in [3.8, 4) is 11.5 Å². The molecule has 4 aromatic carbocycles. The zero-order chi connectivity index (χ0) is 28.9. The van der Waals surface area contributed by atoms with Crippen LogP contribution in [-0.2, 0) is 11.4 Å². The number of amidine groups is 1. The van der Waals surface area contributed by atoms with E-state index in [0.29, 0.717) is 49.6 Å². The Morgan fingerprint density at radius 3 is 2.27 bits per heavy atom. The lowest BCUT2D eigenvalue weighted by atomic mass is 10.1. The maximum atomic E-state index is 13.7. The van der Waals surface area contributed by atoms with E-state index in [1.54, 1.807) is 65.6 Å². The summed E-state index contributed by atoms with van der Waals surface area (Å²) in [7, 11) is 0. The van der Waals surface area contributed by atoms with Crippen molar-refractivity contribution in [2.45, 2.75) is 13.5 Å². The third-order valence-electron chi connectivity index (χ3n) is 5.87. The van der Waals surface area contributed by atoms with Gasteiger partial charge in [0.1, 0.15) is 12.4 Å². The van der Waals surface area contributed by atoms with Crippen LogP contribution in [-0.4, -0.2) is 17.7 Å². The molecule has 5 nitrogen and oxygen atoms in total. The van der Waals surface area contributed by atoms with Gasteiger partial charge in [-0.15, -0.1) is 0 Å². The van der Waals surface area contributed by atoms with Gasteiger partial charge in [0.05, 0.1) is 26.5 Å². The number of nitrogens with zero attached hydrogens (tertiary/aromatic N) is 2. The molecule has 0 saturated carbocycles. The minimum Gasteiger partial charge on any atom is -0.490 e. The summed E-state index contributed by atoms with van der Waals surface area (Å²) in [6.45, 7) is 2.58. The van der Waals surface area contributed by atoms with E-state index in [-0.39, 0.29) is 18.3 Å². The molecule has 1 amide bonds. The number of carbonyl (C=O) groups excluding carboxylic acids is 1. The topological polar surface area (TPSA) is 51.1 Å². The molecule has 1 saturated heterocycles. The van der Waals surface area contributed by atoms with Crippen LogP contribution in [0, 0.1) is 9.39 Å². The molecule has 5 rings (SSSR count). The monoisotopic (exact) mass is 718 g/mol. The smallest absolute Gasteiger partial charge is 0.271 e. The molecule has 4 aromatic rings. The standard InChI is InChI=1S/C31H22Cl2FIN2O3S/c1-2-39-27-16-20(15-26(35)29(27)40-18-19-3-9-23(34)10-4-19)17-28-30(38)37(25-13-7-22(33)8-14-25)31(41-28)36-24-11-5-21(32)6-12-24/h3-17H,2,18H2,1H3/b28-17-,36-31?. The second-order valence-corrected chi connectivity index (χ2v) is 11.8. The van der Waals surface area contributed by atoms with Crippen molar-refractivity contribution >= 4 is 86.1 Å². The predicted molar refractivity (Wildman–Crippen MR) is 174 cm³/mol. The number of ether oxygens (including phenoxy) is 2. The first kappa shape index (κ1) is 29.4. The van der Waals surface area contributed by atoms with Gasteiger partial charge in [-0.1, -0.05) is 35.3 Å². The minimum absolute atomic E-state index is 0.213. The Labute approximate surface area is 265 Å². The van der Waals surface area contributed by atoms with Gasteiger partial charge in [0.2, 0.25) is 0 Å². The van der Waals surface area contributed by atoms with Crippen molar-refractivity contribution in [3.05, 3.63) is 120 Å². The number of hydrogen-bond donors (Lipinski definition) is 0. The van der Waals surface area contributed by atoms with E-state index in [4.69, 9.17) is 37.7 Å². The van der Waals surface area contributed by atoms with E-state index in [9.17, 15) is 9.18 Å². The summed E-state index contributed by atoms with van der Waals surface area (Å²) in [6.07, 6.45) is 1.81. The van der Waals surface area contributed by atoms with Gasteiger partial charge < -0.3 is 9.47 Å². The van der Waals surface area contributed by atoms with Crippen molar-refractivity contribution in [3.63, 3.8) is 0 Å². The number of benzene rings is 4. The van der Waals surface area contributed by atoms with Crippen molar-refractivity contribution in [2.24, 2.45) is 4.99 Å². The number of amides is 1. The molecule has 0 N–H and O–H groups in total. The summed E-state index contributed by atoms with van der Waals surface area (Å²) < 4.78 is 26.1. The second kappa shape index (κ2) is 13.3. The lowest BCUT2D eigenvalue weighted by molar-refractivity contribution is -0.113. The summed E-state index contributed by atoms with van der Waals surface area (Å²) in [5.74, 6) is 0.617. The SMILES string of the molecule is CCOc1cc(/C=C2\SC(=Nc3ccc(Cl)cc3)N(c3ccc(Cl)cc3)C2=O)cc(I)c1OCc1ccc(F)cc1. The Morgan fingerprint density at radius 2 is 1.61 bits per heavy atom. The molecule has 0 radical (unpaired) electrons. The summed E-state index contributed by atoms with van der Waals surface area (Å²) >= 11 is 15.6. The van der Waals surface area contributed by atoms with E-state index in [0.717, 1.165) is 14.7 Å². The highest BCUT2D eigenvalue weighted by molar-refractivity contribution is 14.1. The molecule has 0 atom stereocenters. The maximum absolute atomic E-state index is 13.7. The van der Waals surface area contributed by atoms with Crippen LogP contribution in [0.1, 0.15) is 18.1 Å². The van der Waals surface area contributed by atoms with Gasteiger partial charge in [-0.25, -0.2) is 9.38 Å². The van der Waals surface area contributed by atoms with E-state index in [2.05, 4.69) is 22.6 Å². The lowest BCUT2D eigenvalue weighted by Crippen LogP contribution is -2.28. The highest BCUT2D eigenvalue weighted by Gasteiger charge is 2.35. The first-order valence-corrected chi connectivity index (χ1v) is 15.1. The molecule has 0 unspecified atom stereocenters. The fourth-order valence-electron chi connectivity index (χ4n) is 3.95. The summed E-state index contributed by atoms with van der Waals surface area (Å²) in [5, 5.41) is 1.67. The van der Waals surface area contributed by atoms with Gasteiger partial charge in [0.25, 0.3) is 5.91 Å². The normalized spacial score (nSPS) is 15.1. The zero-order valence-electron chi connectivity index (χ0n) is 21.6. The average molecular weight is 719 g/mol. The number of rotatable bonds is 8. The molecule has 1 fully saturated rings. The molecule has 1 aliphatic rings. The van der Waals surface area contributed by atoms with E-state index in [1.165, 1.54) is 23.9 Å². The van der Waals surface area contributed by atoms with E-state index >= 15 is 0 Å². The molecule has 0 aliphatic carbocycles. The van der Waals surface area contributed by atoms with Crippen molar-refractivity contribution in [1.29, 1.82) is 0 Å². The average Bonchev–Trinajstić information content (AvgIpc) is 3.25. The van der Waals surface area contributed by atoms with Gasteiger partial charge in [-0.3, -0.25) is 9.69 Å². The van der Waals surface area contributed by atoms with Crippen LogP contribution in [0.2, 0.25) is 10.0 Å². The van der Waals surface area contributed by atoms with Crippen LogP contribution < -0.4 is 14.4 Å². The molecular weight excluding hydrogens is 697 g/mol. The van der Waals surface area contributed by atoms with Crippen molar-refractivity contribution in [2.75, 3.05) is 11.5 Å². The Balaban J connectivity index is 1.48. The maximum Gasteiger partial charge on any atom is 0.271 e. The van der Waals surface area contributed by atoms with Crippen molar-refractivity contribution in [1.82, 2.24) is 0 Å². The van der Waals surface area contributed by atoms with Gasteiger partial charge in [0.15, 0.2) is 16.7 Å². The molecule has 208 valence electrons. The largest absolute Gasteiger partial charge is 0.490 e. The second-order valence-electron chi connectivity index (χ2n) is 8.78. The molecule has 1 heterocycles. The first-order valence-electron chi connectivity index (χ1n) is 12.5. The number of anilines is 1. The minimum atomic E-state index is -0.300. The number of hydrogen-bond acceptors (Lipinski definition) is 5. The molecule has 41 heavy (non-hydrogen) atoms. The number of halogens is 4. The highest BCUT2D eigenvalue weighted by atomic mass is 127.